The summed E-state index contributed by atoms with van der Waals surface area (Å²) in [6, 6.07) is 54.2. The first kappa shape index (κ1) is 23.5. The molecule has 1 heterocycles. The summed E-state index contributed by atoms with van der Waals surface area (Å²) in [5.41, 5.74) is 5.83. The van der Waals surface area contributed by atoms with Gasteiger partial charge in [-0.2, -0.15) is 0 Å². The molecule has 0 aliphatic heterocycles. The van der Waals surface area contributed by atoms with E-state index in [0.29, 0.717) is 11.6 Å². The smallest absolute Gasteiger partial charge is 0.136 e. The lowest BCUT2D eigenvalue weighted by atomic mass is 9.84. The topological polar surface area (TPSA) is 13.1 Å². The Morgan fingerprint density at radius 3 is 1.60 bits per heavy atom. The minimum absolute atomic E-state index is 0.419. The zero-order valence-corrected chi connectivity index (χ0v) is 24.3. The molecule has 0 saturated heterocycles. The van der Waals surface area contributed by atoms with Gasteiger partial charge in [0.25, 0.3) is 0 Å². The number of hydrogen-bond acceptors (Lipinski definition) is 1. The average molecular weight is 572 g/mol. The van der Waals surface area contributed by atoms with Crippen LogP contribution in [0.3, 0.4) is 0 Å². The van der Waals surface area contributed by atoms with Crippen molar-refractivity contribution in [1.29, 1.82) is 0 Å². The third-order valence-corrected chi connectivity index (χ3v) is 9.50. The maximum atomic E-state index is 9.86. The molecule has 0 fully saturated rings. The van der Waals surface area contributed by atoms with Crippen LogP contribution < -0.4 is 0 Å². The summed E-state index contributed by atoms with van der Waals surface area (Å²) in [5, 5.41) is 13.6. The van der Waals surface area contributed by atoms with Gasteiger partial charge >= 0.3 is 0 Å². The van der Waals surface area contributed by atoms with Crippen LogP contribution in [-0.4, -0.2) is 0 Å². The van der Waals surface area contributed by atoms with Gasteiger partial charge in [-0.25, -0.2) is 0 Å². The standard InChI is InChI=1S/C44H26O/c1-2-13-29-25-30(22-21-27(29)11-1)41-34-17-7-9-19-36(34)42(37-20-10-8-18-35(37)41)38-26-40-44(33-16-6-5-15-32(33)38)43-31-14-4-3-12-28(31)23-24-39(43)45-40/h1-26H/i26D. The van der Waals surface area contributed by atoms with E-state index in [1.165, 1.54) is 38.1 Å². The predicted octanol–water partition coefficient (Wildman–Crippen LogP) is 12.7. The van der Waals surface area contributed by atoms with Crippen LogP contribution in [0.1, 0.15) is 1.37 Å². The van der Waals surface area contributed by atoms with Crippen molar-refractivity contribution < 1.29 is 5.79 Å². The summed E-state index contributed by atoms with van der Waals surface area (Å²) in [7, 11) is 0. The Morgan fingerprint density at radius 2 is 0.889 bits per heavy atom. The van der Waals surface area contributed by atoms with Crippen LogP contribution in [0.25, 0.3) is 98.1 Å². The molecule has 0 spiro atoms. The van der Waals surface area contributed by atoms with Gasteiger partial charge < -0.3 is 4.42 Å². The number of hydrogen-bond donors (Lipinski definition) is 0. The van der Waals surface area contributed by atoms with Gasteiger partial charge in [-0.3, -0.25) is 0 Å². The molecule has 0 aliphatic carbocycles. The Morgan fingerprint density at radius 1 is 0.378 bits per heavy atom. The molecule has 9 aromatic carbocycles. The van der Waals surface area contributed by atoms with Gasteiger partial charge in [-0.15, -0.1) is 0 Å². The highest BCUT2D eigenvalue weighted by Crippen LogP contribution is 2.48. The highest BCUT2D eigenvalue weighted by Gasteiger charge is 2.21. The minimum atomic E-state index is 0.419. The molecule has 10 aromatic rings. The van der Waals surface area contributed by atoms with Gasteiger partial charge in [-0.1, -0.05) is 140 Å². The quantitative estimate of drug-likeness (QED) is 0.188. The highest BCUT2D eigenvalue weighted by molar-refractivity contribution is 6.31. The Hall–Kier alpha value is -5.92. The summed E-state index contributed by atoms with van der Waals surface area (Å²) < 4.78 is 16.5. The van der Waals surface area contributed by atoms with E-state index in [4.69, 9.17) is 4.42 Å². The fourth-order valence-corrected chi connectivity index (χ4v) is 7.56. The monoisotopic (exact) mass is 571 g/mol. The van der Waals surface area contributed by atoms with E-state index in [-0.39, 0.29) is 0 Å². The zero-order chi connectivity index (χ0) is 30.4. The molecule has 0 bridgehead atoms. The van der Waals surface area contributed by atoms with Crippen molar-refractivity contribution in [2.75, 3.05) is 0 Å². The zero-order valence-electron chi connectivity index (χ0n) is 25.3. The molecule has 1 nitrogen and oxygen atoms in total. The first-order chi connectivity index (χ1) is 22.8. The number of fused-ring (bicyclic) bond motifs is 10. The molecule has 1 aromatic heterocycles. The highest BCUT2D eigenvalue weighted by atomic mass is 16.3. The normalized spacial score (nSPS) is 12.3. The molecule has 0 radical (unpaired) electrons. The molecule has 0 N–H and O–H groups in total. The van der Waals surface area contributed by atoms with Crippen LogP contribution in [0, 0.1) is 0 Å². The van der Waals surface area contributed by atoms with E-state index < -0.39 is 0 Å². The summed E-state index contributed by atoms with van der Waals surface area (Å²) in [6.07, 6.45) is 0. The van der Waals surface area contributed by atoms with Gasteiger partial charge in [0.1, 0.15) is 11.2 Å². The van der Waals surface area contributed by atoms with Gasteiger partial charge in [-0.05, 0) is 94.3 Å². The van der Waals surface area contributed by atoms with E-state index >= 15 is 0 Å². The van der Waals surface area contributed by atoms with Gasteiger partial charge in [0.05, 0.1) is 1.37 Å². The fraction of sp³-hybridized carbons (Fsp3) is 0. The van der Waals surface area contributed by atoms with Crippen molar-refractivity contribution in [2.24, 2.45) is 0 Å². The largest absolute Gasteiger partial charge is 0.456 e. The SMILES string of the molecule is [2H]c1c(-c2c3ccccc3c(-c3ccc4ccccc4c3)c3ccccc23)c2ccccc2c2c1oc1ccc3ccccc3c12. The van der Waals surface area contributed by atoms with Crippen molar-refractivity contribution in [3.63, 3.8) is 0 Å². The third kappa shape index (κ3) is 3.50. The number of rotatable bonds is 2. The van der Waals surface area contributed by atoms with Gasteiger partial charge in [0, 0.05) is 10.8 Å². The van der Waals surface area contributed by atoms with E-state index in [9.17, 15) is 1.37 Å². The molecular weight excluding hydrogens is 544 g/mol. The minimum Gasteiger partial charge on any atom is -0.456 e. The van der Waals surface area contributed by atoms with Crippen molar-refractivity contribution in [2.45, 2.75) is 0 Å². The van der Waals surface area contributed by atoms with Crippen LogP contribution >= 0.6 is 0 Å². The third-order valence-electron chi connectivity index (χ3n) is 9.50. The molecule has 45 heavy (non-hydrogen) atoms. The summed E-state index contributed by atoms with van der Waals surface area (Å²) in [5.74, 6) is 0. The van der Waals surface area contributed by atoms with Crippen molar-refractivity contribution in [1.82, 2.24) is 0 Å². The first-order valence-electron chi connectivity index (χ1n) is 15.9. The van der Waals surface area contributed by atoms with E-state index in [0.717, 1.165) is 54.4 Å². The second-order valence-corrected chi connectivity index (χ2v) is 11.9. The Labute approximate surface area is 261 Å². The van der Waals surface area contributed by atoms with Gasteiger partial charge in [0.15, 0.2) is 0 Å². The molecule has 208 valence electrons. The van der Waals surface area contributed by atoms with Crippen molar-refractivity contribution in [3.05, 3.63) is 158 Å². The second kappa shape index (κ2) is 9.29. The molecule has 1 heteroatoms. The van der Waals surface area contributed by atoms with Crippen LogP contribution in [0.15, 0.2) is 162 Å². The maximum absolute atomic E-state index is 9.86. The van der Waals surface area contributed by atoms with E-state index in [2.05, 4.69) is 152 Å². The van der Waals surface area contributed by atoms with Crippen LogP contribution in [0.4, 0.5) is 0 Å². The summed E-state index contributed by atoms with van der Waals surface area (Å²) in [6.45, 7) is 0. The molecule has 0 unspecified atom stereocenters. The Kier molecular flexibility index (Phi) is 4.86. The van der Waals surface area contributed by atoms with Crippen LogP contribution in [0.5, 0.6) is 0 Å². The lowest BCUT2D eigenvalue weighted by Crippen LogP contribution is -1.92. The number of benzene rings is 9. The summed E-state index contributed by atoms with van der Waals surface area (Å²) in [4.78, 5) is 0. The Balaban J connectivity index is 1.39. The predicted molar refractivity (Wildman–Crippen MR) is 192 cm³/mol. The number of furan rings is 1. The van der Waals surface area contributed by atoms with Crippen molar-refractivity contribution >= 4 is 75.8 Å². The summed E-state index contributed by atoms with van der Waals surface area (Å²) >= 11 is 0. The van der Waals surface area contributed by atoms with E-state index in [1.807, 2.05) is 0 Å². The van der Waals surface area contributed by atoms with Crippen molar-refractivity contribution in [3.8, 4) is 22.3 Å². The average Bonchev–Trinajstić information content (AvgIpc) is 3.52. The molecular formula is C44H26O. The second-order valence-electron chi connectivity index (χ2n) is 11.9. The molecule has 10 rings (SSSR count). The fourth-order valence-electron chi connectivity index (χ4n) is 7.56. The molecule has 0 amide bonds. The molecule has 0 atom stereocenters. The van der Waals surface area contributed by atoms with Crippen LogP contribution in [-0.2, 0) is 0 Å². The van der Waals surface area contributed by atoms with Gasteiger partial charge in [0.2, 0.25) is 0 Å². The lowest BCUT2D eigenvalue weighted by molar-refractivity contribution is 0.669. The molecule has 0 aliphatic rings. The van der Waals surface area contributed by atoms with Crippen LogP contribution in [0.2, 0.25) is 0 Å². The van der Waals surface area contributed by atoms with E-state index in [1.54, 1.807) is 0 Å². The lowest BCUT2D eigenvalue weighted by Gasteiger charge is -2.19. The maximum Gasteiger partial charge on any atom is 0.136 e. The Bertz CT molecular complexity index is 2820. The first-order valence-corrected chi connectivity index (χ1v) is 15.4. The molecule has 0 saturated carbocycles.